The van der Waals surface area contributed by atoms with Crippen LogP contribution in [0.2, 0.25) is 0 Å². The summed E-state index contributed by atoms with van der Waals surface area (Å²) in [4.78, 5) is 14.1. The number of hydrogen-bond donors (Lipinski definition) is 2. The van der Waals surface area contributed by atoms with Gasteiger partial charge in [0.25, 0.3) is 5.91 Å². The Morgan fingerprint density at radius 3 is 2.77 bits per heavy atom. The molecule has 4 nitrogen and oxygen atoms in total. The molecule has 1 saturated heterocycles. The van der Waals surface area contributed by atoms with Crippen LogP contribution >= 0.6 is 0 Å². The van der Waals surface area contributed by atoms with Gasteiger partial charge in [-0.15, -0.1) is 0 Å². The van der Waals surface area contributed by atoms with E-state index in [-0.39, 0.29) is 29.5 Å². The van der Waals surface area contributed by atoms with Crippen LogP contribution in [0.5, 0.6) is 0 Å². The molecule has 1 saturated carbocycles. The molecule has 1 aliphatic carbocycles. The largest absolute Gasteiger partial charge is 0.393 e. The van der Waals surface area contributed by atoms with Gasteiger partial charge in [-0.05, 0) is 49.7 Å². The lowest BCUT2D eigenvalue weighted by Gasteiger charge is -2.37. The van der Waals surface area contributed by atoms with E-state index in [1.54, 1.807) is 17.0 Å². The fraction of sp³-hybridized carbons (Fsp3) is 0.588. The Morgan fingerprint density at radius 1 is 1.36 bits per heavy atom. The molecule has 22 heavy (non-hydrogen) atoms. The molecule has 0 spiro atoms. The van der Waals surface area contributed by atoms with Gasteiger partial charge in [-0.3, -0.25) is 4.79 Å². The maximum Gasteiger partial charge on any atom is 0.256 e. The smallest absolute Gasteiger partial charge is 0.256 e. The molecule has 120 valence electrons. The number of amides is 1. The van der Waals surface area contributed by atoms with Gasteiger partial charge in [-0.25, -0.2) is 4.39 Å². The number of piperidine rings is 1. The number of aliphatic hydroxyl groups excluding tert-OH is 1. The summed E-state index contributed by atoms with van der Waals surface area (Å²) >= 11 is 0. The number of nitrogens with zero attached hydrogens (tertiary/aromatic N) is 1. The summed E-state index contributed by atoms with van der Waals surface area (Å²) in [6, 6.07) is 5.93. The third-order valence-corrected chi connectivity index (χ3v) is 4.70. The van der Waals surface area contributed by atoms with Crippen molar-refractivity contribution < 1.29 is 14.3 Å². The van der Waals surface area contributed by atoms with Crippen molar-refractivity contribution in [3.05, 3.63) is 35.6 Å². The number of nitrogens with two attached hydrogens (primary N) is 1. The van der Waals surface area contributed by atoms with Crippen LogP contribution in [0.15, 0.2) is 24.3 Å². The summed E-state index contributed by atoms with van der Waals surface area (Å²) in [6.07, 6.45) is 3.39. The first-order valence-electron chi connectivity index (χ1n) is 8.02. The van der Waals surface area contributed by atoms with Crippen molar-refractivity contribution >= 4 is 5.91 Å². The molecule has 1 heterocycles. The highest BCUT2D eigenvalue weighted by Crippen LogP contribution is 2.36. The SMILES string of the molecule is NC1CC(CC(O)C2CC2)CN(C(=O)c2ccccc2F)C1. The summed E-state index contributed by atoms with van der Waals surface area (Å²) in [5, 5.41) is 10.1. The van der Waals surface area contributed by atoms with E-state index in [9.17, 15) is 14.3 Å². The molecule has 0 bridgehead atoms. The summed E-state index contributed by atoms with van der Waals surface area (Å²) in [5.74, 6) is -0.190. The van der Waals surface area contributed by atoms with Gasteiger partial charge in [0.1, 0.15) is 5.82 Å². The molecule has 2 fully saturated rings. The number of likely N-dealkylation sites (tertiary alicyclic amines) is 1. The number of rotatable bonds is 4. The van der Waals surface area contributed by atoms with Gasteiger partial charge in [0.2, 0.25) is 0 Å². The van der Waals surface area contributed by atoms with Gasteiger partial charge in [0.05, 0.1) is 11.7 Å². The minimum absolute atomic E-state index is 0.0955. The molecule has 0 aromatic heterocycles. The van der Waals surface area contributed by atoms with E-state index in [2.05, 4.69) is 0 Å². The Kier molecular flexibility index (Phi) is 4.45. The molecule has 1 aromatic rings. The van der Waals surface area contributed by atoms with Crippen LogP contribution in [0, 0.1) is 17.7 Å². The number of benzene rings is 1. The van der Waals surface area contributed by atoms with Gasteiger partial charge < -0.3 is 15.7 Å². The molecule has 3 N–H and O–H groups in total. The number of hydrogen-bond acceptors (Lipinski definition) is 3. The molecule has 2 aliphatic rings. The first-order valence-corrected chi connectivity index (χ1v) is 8.02. The van der Waals surface area contributed by atoms with Crippen molar-refractivity contribution in [3.63, 3.8) is 0 Å². The predicted octanol–water partition coefficient (Wildman–Crippen LogP) is 1.78. The van der Waals surface area contributed by atoms with Crippen LogP contribution < -0.4 is 5.73 Å². The van der Waals surface area contributed by atoms with Crippen LogP contribution in [-0.2, 0) is 0 Å². The lowest BCUT2D eigenvalue weighted by Crippen LogP contribution is -2.50. The zero-order valence-electron chi connectivity index (χ0n) is 12.6. The van der Waals surface area contributed by atoms with Crippen molar-refractivity contribution in [1.82, 2.24) is 4.90 Å². The molecule has 1 aromatic carbocycles. The molecule has 1 aliphatic heterocycles. The minimum Gasteiger partial charge on any atom is -0.393 e. The summed E-state index contributed by atoms with van der Waals surface area (Å²) < 4.78 is 13.8. The second-order valence-corrected chi connectivity index (χ2v) is 6.69. The monoisotopic (exact) mass is 306 g/mol. The average molecular weight is 306 g/mol. The molecular formula is C17H23FN2O2. The van der Waals surface area contributed by atoms with Crippen LogP contribution in [0.1, 0.15) is 36.0 Å². The normalized spacial score (nSPS) is 26.8. The van der Waals surface area contributed by atoms with Crippen LogP contribution in [0.25, 0.3) is 0 Å². The lowest BCUT2D eigenvalue weighted by molar-refractivity contribution is 0.0542. The quantitative estimate of drug-likeness (QED) is 0.891. The van der Waals surface area contributed by atoms with E-state index >= 15 is 0 Å². The summed E-state index contributed by atoms with van der Waals surface area (Å²) in [6.45, 7) is 0.994. The molecule has 3 atom stereocenters. The zero-order valence-corrected chi connectivity index (χ0v) is 12.6. The Balaban J connectivity index is 1.67. The maximum atomic E-state index is 13.8. The minimum atomic E-state index is -0.499. The number of aliphatic hydroxyl groups is 1. The molecular weight excluding hydrogens is 283 g/mol. The molecule has 3 rings (SSSR count). The second-order valence-electron chi connectivity index (χ2n) is 6.69. The lowest BCUT2D eigenvalue weighted by atomic mass is 9.88. The van der Waals surface area contributed by atoms with Crippen molar-refractivity contribution in [2.45, 2.75) is 37.8 Å². The Bertz CT molecular complexity index is 547. The fourth-order valence-corrected chi connectivity index (χ4v) is 3.40. The second kappa shape index (κ2) is 6.34. The van der Waals surface area contributed by atoms with Gasteiger partial charge in [-0.2, -0.15) is 0 Å². The molecule has 3 unspecified atom stereocenters. The third-order valence-electron chi connectivity index (χ3n) is 4.70. The van der Waals surface area contributed by atoms with E-state index in [1.165, 1.54) is 12.1 Å². The van der Waals surface area contributed by atoms with Gasteiger partial charge in [0, 0.05) is 19.1 Å². The fourth-order valence-electron chi connectivity index (χ4n) is 3.40. The van der Waals surface area contributed by atoms with Crippen LogP contribution in [0.4, 0.5) is 4.39 Å². The van der Waals surface area contributed by atoms with Crippen molar-refractivity contribution in [3.8, 4) is 0 Å². The maximum absolute atomic E-state index is 13.8. The number of halogens is 1. The first kappa shape index (κ1) is 15.4. The third kappa shape index (κ3) is 3.47. The highest BCUT2D eigenvalue weighted by atomic mass is 19.1. The Labute approximate surface area is 130 Å². The van der Waals surface area contributed by atoms with Crippen molar-refractivity contribution in [2.24, 2.45) is 17.6 Å². The average Bonchev–Trinajstić information content (AvgIpc) is 3.31. The van der Waals surface area contributed by atoms with Crippen LogP contribution in [0.3, 0.4) is 0 Å². The van der Waals surface area contributed by atoms with E-state index in [4.69, 9.17) is 5.73 Å². The van der Waals surface area contributed by atoms with Crippen LogP contribution in [-0.4, -0.2) is 41.1 Å². The Morgan fingerprint density at radius 2 is 2.09 bits per heavy atom. The topological polar surface area (TPSA) is 66.6 Å². The van der Waals surface area contributed by atoms with E-state index < -0.39 is 5.82 Å². The van der Waals surface area contributed by atoms with E-state index in [0.29, 0.717) is 25.4 Å². The van der Waals surface area contributed by atoms with Gasteiger partial charge >= 0.3 is 0 Å². The van der Waals surface area contributed by atoms with Gasteiger partial charge in [0.15, 0.2) is 0 Å². The summed E-state index contributed by atoms with van der Waals surface area (Å²) in [5.41, 5.74) is 6.16. The van der Waals surface area contributed by atoms with E-state index in [0.717, 1.165) is 19.3 Å². The number of carbonyl (C=O) groups is 1. The molecule has 0 radical (unpaired) electrons. The molecule has 5 heteroatoms. The van der Waals surface area contributed by atoms with Crippen molar-refractivity contribution in [1.29, 1.82) is 0 Å². The van der Waals surface area contributed by atoms with Crippen molar-refractivity contribution in [2.75, 3.05) is 13.1 Å². The Hall–Kier alpha value is -1.46. The highest BCUT2D eigenvalue weighted by molar-refractivity contribution is 5.94. The predicted molar refractivity (Wildman–Crippen MR) is 81.7 cm³/mol. The number of carbonyl (C=O) groups excluding carboxylic acids is 1. The standard InChI is InChI=1S/C17H23FN2O2/c18-15-4-2-1-3-14(15)17(22)20-9-11(7-13(19)10-20)8-16(21)12-5-6-12/h1-4,11-13,16,21H,5-10,19H2. The van der Waals surface area contributed by atoms with Gasteiger partial charge in [-0.1, -0.05) is 12.1 Å². The first-order chi connectivity index (χ1) is 10.5. The van der Waals surface area contributed by atoms with E-state index in [1.807, 2.05) is 0 Å². The zero-order chi connectivity index (χ0) is 15.7. The summed E-state index contributed by atoms with van der Waals surface area (Å²) in [7, 11) is 0. The highest BCUT2D eigenvalue weighted by Gasteiger charge is 2.35. The molecule has 1 amide bonds.